The highest BCUT2D eigenvalue weighted by Gasteiger charge is 2.31. The van der Waals surface area contributed by atoms with Crippen LogP contribution in [0.1, 0.15) is 5.56 Å². The van der Waals surface area contributed by atoms with E-state index in [1.807, 2.05) is 0 Å². The predicted octanol–water partition coefficient (Wildman–Crippen LogP) is 2.93. The van der Waals surface area contributed by atoms with Crippen LogP contribution < -0.4 is 10.6 Å². The number of hydrogen-bond acceptors (Lipinski definition) is 9. The molecule has 1 aromatic carbocycles. The second-order valence-electron chi connectivity index (χ2n) is 5.70. The van der Waals surface area contributed by atoms with Crippen LogP contribution in [0.15, 0.2) is 35.2 Å². The second kappa shape index (κ2) is 9.86. The zero-order chi connectivity index (χ0) is 21.6. The van der Waals surface area contributed by atoms with Gasteiger partial charge in [-0.05, 0) is 18.2 Å². The summed E-state index contributed by atoms with van der Waals surface area (Å²) in [4.78, 5) is 16.1. The molecule has 0 radical (unpaired) electrons. The lowest BCUT2D eigenvalue weighted by molar-refractivity contribution is -0.137. The number of methoxy groups -OCH3 is 1. The quantitative estimate of drug-likeness (QED) is 0.372. The van der Waals surface area contributed by atoms with Crippen molar-refractivity contribution >= 4 is 39.8 Å². The fourth-order valence-electron chi connectivity index (χ4n) is 2.26. The minimum absolute atomic E-state index is 0.0277. The molecule has 1 amide bonds. The van der Waals surface area contributed by atoms with E-state index in [1.54, 1.807) is 7.11 Å². The summed E-state index contributed by atoms with van der Waals surface area (Å²) in [6.07, 6.45) is -1.98. The number of carbonyl (C=O) groups is 1. The Bertz CT molecular complexity index is 980. The van der Waals surface area contributed by atoms with Crippen molar-refractivity contribution in [1.82, 2.24) is 25.0 Å². The van der Waals surface area contributed by atoms with Crippen molar-refractivity contribution in [2.24, 2.45) is 0 Å². The number of halogens is 3. The molecule has 0 spiro atoms. The molecule has 0 bridgehead atoms. The van der Waals surface area contributed by atoms with Gasteiger partial charge in [0.15, 0.2) is 4.34 Å². The molecule has 0 aliphatic carbocycles. The lowest BCUT2D eigenvalue weighted by Crippen LogP contribution is -2.17. The number of rotatable bonds is 9. The number of carbonyl (C=O) groups excluding carboxylic acids is 1. The number of anilines is 2. The summed E-state index contributed by atoms with van der Waals surface area (Å²) in [6, 6.07) is 3.01. The standard InChI is InChI=1S/C16H16F3N7O2S2/c1-28-5-4-21-14-24-25-15(30-14)29-7-13(27)23-11-6-10(16(17,18)19)2-3-12(11)26-9-20-8-22-26/h2-3,6,8-9H,4-5,7H2,1H3,(H,21,24)(H,23,27). The van der Waals surface area contributed by atoms with E-state index in [1.165, 1.54) is 34.7 Å². The van der Waals surface area contributed by atoms with Gasteiger partial charge in [-0.15, -0.1) is 10.2 Å². The number of nitrogens with zero attached hydrogens (tertiary/aromatic N) is 5. The molecule has 0 atom stereocenters. The fourth-order valence-corrected chi connectivity index (χ4v) is 3.84. The SMILES string of the molecule is COCCNc1nnc(SCC(=O)Nc2cc(C(F)(F)F)ccc2-n2cncn2)s1. The zero-order valence-electron chi connectivity index (χ0n) is 15.5. The van der Waals surface area contributed by atoms with Crippen LogP contribution in [0.25, 0.3) is 5.69 Å². The maximum atomic E-state index is 13.1. The molecule has 9 nitrogen and oxygen atoms in total. The number of benzene rings is 1. The van der Waals surface area contributed by atoms with Crippen LogP contribution in [0.3, 0.4) is 0 Å². The number of hydrogen-bond donors (Lipinski definition) is 2. The van der Waals surface area contributed by atoms with E-state index >= 15 is 0 Å². The first-order valence-electron chi connectivity index (χ1n) is 8.42. The van der Waals surface area contributed by atoms with Gasteiger partial charge in [-0.2, -0.15) is 18.3 Å². The van der Waals surface area contributed by atoms with Gasteiger partial charge in [0.25, 0.3) is 0 Å². The van der Waals surface area contributed by atoms with Gasteiger partial charge in [0.05, 0.1) is 29.3 Å². The predicted molar refractivity (Wildman–Crippen MR) is 106 cm³/mol. The number of amides is 1. The van der Waals surface area contributed by atoms with Crippen LogP contribution in [0.5, 0.6) is 0 Å². The van der Waals surface area contributed by atoms with Crippen LogP contribution in [-0.2, 0) is 15.7 Å². The Balaban J connectivity index is 1.67. The van der Waals surface area contributed by atoms with Gasteiger partial charge < -0.3 is 15.4 Å². The molecule has 2 aromatic heterocycles. The number of alkyl halides is 3. The Hall–Kier alpha value is -2.71. The van der Waals surface area contributed by atoms with Gasteiger partial charge in [0.2, 0.25) is 11.0 Å². The number of aromatic nitrogens is 5. The molecule has 2 N–H and O–H groups in total. The van der Waals surface area contributed by atoms with Crippen LogP contribution in [0.4, 0.5) is 24.0 Å². The number of thioether (sulfide) groups is 1. The molecule has 0 aliphatic heterocycles. The van der Waals surface area contributed by atoms with Crippen molar-refractivity contribution in [2.75, 3.05) is 36.6 Å². The molecule has 0 aliphatic rings. The molecular formula is C16H16F3N7O2S2. The highest BCUT2D eigenvalue weighted by molar-refractivity contribution is 8.01. The molecule has 0 unspecified atom stereocenters. The van der Waals surface area contributed by atoms with Gasteiger partial charge in [0.1, 0.15) is 12.7 Å². The monoisotopic (exact) mass is 459 g/mol. The first-order valence-corrected chi connectivity index (χ1v) is 10.2. The van der Waals surface area contributed by atoms with E-state index in [4.69, 9.17) is 4.74 Å². The lowest BCUT2D eigenvalue weighted by Gasteiger charge is -2.14. The second-order valence-corrected chi connectivity index (χ2v) is 7.90. The highest BCUT2D eigenvalue weighted by Crippen LogP contribution is 2.33. The Labute approximate surface area is 177 Å². The van der Waals surface area contributed by atoms with Crippen LogP contribution in [-0.4, -0.2) is 56.9 Å². The van der Waals surface area contributed by atoms with Crippen molar-refractivity contribution in [3.63, 3.8) is 0 Å². The summed E-state index contributed by atoms with van der Waals surface area (Å²) in [5, 5.41) is 17.9. The van der Waals surface area contributed by atoms with Crippen molar-refractivity contribution in [3.05, 3.63) is 36.4 Å². The minimum atomic E-state index is -4.55. The third-order valence-electron chi connectivity index (χ3n) is 3.58. The Morgan fingerprint density at radius 1 is 1.33 bits per heavy atom. The van der Waals surface area contributed by atoms with Gasteiger partial charge >= 0.3 is 6.18 Å². The maximum Gasteiger partial charge on any atom is 0.416 e. The third kappa shape index (κ3) is 5.90. The molecule has 0 saturated carbocycles. The number of nitrogens with one attached hydrogen (secondary N) is 2. The van der Waals surface area contributed by atoms with E-state index in [0.717, 1.165) is 23.9 Å². The van der Waals surface area contributed by atoms with E-state index in [-0.39, 0.29) is 17.1 Å². The molecule has 14 heteroatoms. The number of ether oxygens (including phenoxy) is 1. The van der Waals surface area contributed by atoms with E-state index in [9.17, 15) is 18.0 Å². The maximum absolute atomic E-state index is 13.1. The normalized spacial score (nSPS) is 11.5. The Morgan fingerprint density at radius 2 is 2.17 bits per heavy atom. The zero-order valence-corrected chi connectivity index (χ0v) is 17.1. The van der Waals surface area contributed by atoms with Crippen LogP contribution in [0.2, 0.25) is 0 Å². The molecule has 0 fully saturated rings. The molecule has 2 heterocycles. The lowest BCUT2D eigenvalue weighted by atomic mass is 10.1. The summed E-state index contributed by atoms with van der Waals surface area (Å²) in [5.74, 6) is -0.551. The van der Waals surface area contributed by atoms with Gasteiger partial charge in [-0.25, -0.2) is 9.67 Å². The Morgan fingerprint density at radius 3 is 2.87 bits per heavy atom. The largest absolute Gasteiger partial charge is 0.416 e. The molecule has 160 valence electrons. The summed E-state index contributed by atoms with van der Waals surface area (Å²) in [7, 11) is 1.58. The van der Waals surface area contributed by atoms with Gasteiger partial charge in [-0.3, -0.25) is 4.79 Å². The summed E-state index contributed by atoms with van der Waals surface area (Å²) >= 11 is 2.39. The first-order chi connectivity index (χ1) is 14.4. The topological polar surface area (TPSA) is 107 Å². The highest BCUT2D eigenvalue weighted by atomic mass is 32.2. The molecule has 0 saturated heterocycles. The Kier molecular flexibility index (Phi) is 7.23. The van der Waals surface area contributed by atoms with Gasteiger partial charge in [0, 0.05) is 13.7 Å². The molecule has 30 heavy (non-hydrogen) atoms. The van der Waals surface area contributed by atoms with Crippen LogP contribution in [0, 0.1) is 0 Å². The first kappa shape index (κ1) is 22.0. The fraction of sp³-hybridized carbons (Fsp3) is 0.312. The smallest absolute Gasteiger partial charge is 0.383 e. The summed E-state index contributed by atoms with van der Waals surface area (Å²) < 4.78 is 46.0. The third-order valence-corrected chi connectivity index (χ3v) is 5.59. The van der Waals surface area contributed by atoms with Crippen molar-refractivity contribution in [3.8, 4) is 5.69 Å². The van der Waals surface area contributed by atoms with Crippen LogP contribution >= 0.6 is 23.1 Å². The van der Waals surface area contributed by atoms with Crippen molar-refractivity contribution in [2.45, 2.75) is 10.5 Å². The average Bonchev–Trinajstić information content (AvgIpc) is 3.38. The van der Waals surface area contributed by atoms with E-state index in [2.05, 4.69) is 30.9 Å². The average molecular weight is 459 g/mol. The van der Waals surface area contributed by atoms with Crippen molar-refractivity contribution in [1.29, 1.82) is 0 Å². The minimum Gasteiger partial charge on any atom is -0.383 e. The van der Waals surface area contributed by atoms with Gasteiger partial charge in [-0.1, -0.05) is 23.1 Å². The summed E-state index contributed by atoms with van der Waals surface area (Å²) in [5.41, 5.74) is -0.648. The summed E-state index contributed by atoms with van der Waals surface area (Å²) in [6.45, 7) is 1.08. The van der Waals surface area contributed by atoms with E-state index in [0.29, 0.717) is 22.6 Å². The molecular weight excluding hydrogens is 443 g/mol. The van der Waals surface area contributed by atoms with E-state index < -0.39 is 17.6 Å². The molecule has 3 aromatic rings. The molecule has 3 rings (SSSR count). The van der Waals surface area contributed by atoms with Crippen molar-refractivity contribution < 1.29 is 22.7 Å².